The minimum atomic E-state index is -3.53. The average Bonchev–Trinajstić information content (AvgIpc) is 2.68. The molecule has 3 rings (SSSR count). The Hall–Kier alpha value is -2.91. The molecule has 0 heterocycles. The van der Waals surface area contributed by atoms with Crippen LogP contribution >= 0.6 is 0 Å². The van der Waals surface area contributed by atoms with Crippen LogP contribution in [0.5, 0.6) is 0 Å². The van der Waals surface area contributed by atoms with Gasteiger partial charge in [-0.1, -0.05) is 24.3 Å². The minimum absolute atomic E-state index is 0.271. The standard InChI is InChI=1S/C17H20N2O2S.C2H2O4/c18-12-14-6-4-5-13-11-15(9-10-17(13)14)19-22(20,21)16-7-2-1-3-8-16;3-1(4)2(5)6/h1-3,7-11,14,19H,4-6,12,18H2;(H,3,4)(H,5,6). The highest BCUT2D eigenvalue weighted by atomic mass is 32.2. The van der Waals surface area contributed by atoms with E-state index >= 15 is 0 Å². The molecule has 1 aliphatic carbocycles. The fourth-order valence-electron chi connectivity index (χ4n) is 3.04. The molecule has 0 amide bonds. The first-order chi connectivity index (χ1) is 13.2. The van der Waals surface area contributed by atoms with Gasteiger partial charge in [-0.05, 0) is 67.1 Å². The van der Waals surface area contributed by atoms with E-state index < -0.39 is 22.0 Å². The molecule has 0 aromatic heterocycles. The van der Waals surface area contributed by atoms with Crippen LogP contribution in [0.3, 0.4) is 0 Å². The third-order valence-corrected chi connectivity index (χ3v) is 5.75. The van der Waals surface area contributed by atoms with Crippen molar-refractivity contribution in [2.45, 2.75) is 30.1 Å². The monoisotopic (exact) mass is 406 g/mol. The maximum Gasteiger partial charge on any atom is 0.414 e. The second-order valence-electron chi connectivity index (χ2n) is 6.27. The van der Waals surface area contributed by atoms with Gasteiger partial charge in [0.05, 0.1) is 4.90 Å². The van der Waals surface area contributed by atoms with Gasteiger partial charge in [0.2, 0.25) is 0 Å². The smallest absolute Gasteiger partial charge is 0.414 e. The predicted molar refractivity (Wildman–Crippen MR) is 104 cm³/mol. The number of rotatable bonds is 4. The highest BCUT2D eigenvalue weighted by molar-refractivity contribution is 7.92. The van der Waals surface area contributed by atoms with Crippen molar-refractivity contribution in [1.29, 1.82) is 0 Å². The van der Waals surface area contributed by atoms with Crippen molar-refractivity contribution in [1.82, 2.24) is 0 Å². The van der Waals surface area contributed by atoms with Crippen molar-refractivity contribution in [2.24, 2.45) is 5.73 Å². The summed E-state index contributed by atoms with van der Waals surface area (Å²) in [5, 5.41) is 14.8. The van der Waals surface area contributed by atoms with Crippen molar-refractivity contribution in [2.75, 3.05) is 11.3 Å². The molecular weight excluding hydrogens is 384 g/mol. The molecular formula is C19H22N2O6S. The lowest BCUT2D eigenvalue weighted by molar-refractivity contribution is -0.159. The van der Waals surface area contributed by atoms with Crippen molar-refractivity contribution in [3.63, 3.8) is 0 Å². The van der Waals surface area contributed by atoms with E-state index in [9.17, 15) is 8.42 Å². The van der Waals surface area contributed by atoms with Crippen LogP contribution in [0, 0.1) is 0 Å². The van der Waals surface area contributed by atoms with Crippen LogP contribution in [-0.2, 0) is 26.0 Å². The molecule has 1 unspecified atom stereocenters. The molecule has 2 aromatic rings. The lowest BCUT2D eigenvalue weighted by Gasteiger charge is -2.25. The average molecular weight is 406 g/mol. The highest BCUT2D eigenvalue weighted by Gasteiger charge is 2.20. The zero-order chi connectivity index (χ0) is 20.7. The van der Waals surface area contributed by atoms with Crippen LogP contribution in [0.2, 0.25) is 0 Å². The summed E-state index contributed by atoms with van der Waals surface area (Å²) in [5.41, 5.74) is 8.90. The number of fused-ring (bicyclic) bond motifs is 1. The molecule has 5 N–H and O–H groups in total. The SMILES string of the molecule is NCC1CCCc2cc(NS(=O)(=O)c3ccccc3)ccc21.O=C(O)C(=O)O. The molecule has 9 heteroatoms. The van der Waals surface area contributed by atoms with Crippen LogP contribution < -0.4 is 10.5 Å². The first-order valence-electron chi connectivity index (χ1n) is 8.61. The van der Waals surface area contributed by atoms with Gasteiger partial charge >= 0.3 is 11.9 Å². The van der Waals surface area contributed by atoms with Gasteiger partial charge in [0.1, 0.15) is 0 Å². The highest BCUT2D eigenvalue weighted by Crippen LogP contribution is 2.32. The number of carboxylic acids is 2. The van der Waals surface area contributed by atoms with Crippen LogP contribution in [0.1, 0.15) is 29.9 Å². The Bertz CT molecular complexity index is 932. The molecule has 2 aromatic carbocycles. The molecule has 150 valence electrons. The summed E-state index contributed by atoms with van der Waals surface area (Å²) in [7, 11) is -3.53. The van der Waals surface area contributed by atoms with Crippen LogP contribution in [0.25, 0.3) is 0 Å². The number of aryl methyl sites for hydroxylation is 1. The van der Waals surface area contributed by atoms with E-state index in [0.717, 1.165) is 19.3 Å². The Morgan fingerprint density at radius 3 is 2.29 bits per heavy atom. The lowest BCUT2D eigenvalue weighted by atomic mass is 9.83. The fraction of sp³-hybridized carbons (Fsp3) is 0.263. The van der Waals surface area contributed by atoms with Crippen molar-refractivity contribution >= 4 is 27.6 Å². The summed E-state index contributed by atoms with van der Waals surface area (Å²) < 4.78 is 27.4. The number of carbonyl (C=O) groups is 2. The van der Waals surface area contributed by atoms with Gasteiger partial charge in [-0.25, -0.2) is 18.0 Å². The molecule has 0 radical (unpaired) electrons. The fourth-order valence-corrected chi connectivity index (χ4v) is 4.11. The molecule has 0 aliphatic heterocycles. The van der Waals surface area contributed by atoms with Crippen molar-refractivity contribution < 1.29 is 28.2 Å². The predicted octanol–water partition coefficient (Wildman–Crippen LogP) is 2.02. The third-order valence-electron chi connectivity index (χ3n) is 4.35. The van der Waals surface area contributed by atoms with E-state index in [1.54, 1.807) is 30.3 Å². The number of carboxylic acid groups (broad SMARTS) is 2. The van der Waals surface area contributed by atoms with Crippen LogP contribution in [-0.4, -0.2) is 37.1 Å². The normalized spacial score (nSPS) is 15.5. The van der Waals surface area contributed by atoms with Crippen molar-refractivity contribution in [3.05, 3.63) is 59.7 Å². The Morgan fingerprint density at radius 1 is 1.07 bits per heavy atom. The second kappa shape index (κ2) is 9.34. The molecule has 0 spiro atoms. The van der Waals surface area contributed by atoms with Crippen molar-refractivity contribution in [3.8, 4) is 0 Å². The van der Waals surface area contributed by atoms with Gasteiger partial charge in [0.15, 0.2) is 0 Å². The Balaban J connectivity index is 0.000000409. The minimum Gasteiger partial charge on any atom is -0.473 e. The number of sulfonamides is 1. The largest absolute Gasteiger partial charge is 0.473 e. The number of nitrogens with two attached hydrogens (primary N) is 1. The molecule has 0 saturated carbocycles. The summed E-state index contributed by atoms with van der Waals surface area (Å²) in [6.45, 7) is 0.641. The molecule has 0 saturated heterocycles. The van der Waals surface area contributed by atoms with E-state index in [1.807, 2.05) is 18.2 Å². The third kappa shape index (κ3) is 5.54. The van der Waals surface area contributed by atoms with E-state index in [-0.39, 0.29) is 4.90 Å². The number of nitrogens with one attached hydrogen (secondary N) is 1. The molecule has 1 aliphatic rings. The summed E-state index contributed by atoms with van der Waals surface area (Å²) in [6, 6.07) is 14.2. The topological polar surface area (TPSA) is 147 Å². The molecule has 0 bridgehead atoms. The summed E-state index contributed by atoms with van der Waals surface area (Å²) in [6.07, 6.45) is 3.19. The number of hydrogen-bond acceptors (Lipinski definition) is 5. The second-order valence-corrected chi connectivity index (χ2v) is 7.95. The van der Waals surface area contributed by atoms with Gasteiger partial charge < -0.3 is 15.9 Å². The van der Waals surface area contributed by atoms with E-state index in [0.29, 0.717) is 18.2 Å². The lowest BCUT2D eigenvalue weighted by Crippen LogP contribution is -2.19. The Labute approximate surface area is 163 Å². The Morgan fingerprint density at radius 2 is 1.71 bits per heavy atom. The van der Waals surface area contributed by atoms with Gasteiger partial charge in [-0.15, -0.1) is 0 Å². The molecule has 0 fully saturated rings. The van der Waals surface area contributed by atoms with Crippen LogP contribution in [0.4, 0.5) is 5.69 Å². The van der Waals surface area contributed by atoms with E-state index in [4.69, 9.17) is 25.5 Å². The first-order valence-corrected chi connectivity index (χ1v) is 10.1. The number of hydrogen-bond donors (Lipinski definition) is 4. The summed E-state index contributed by atoms with van der Waals surface area (Å²) in [5.74, 6) is -3.26. The number of anilines is 1. The van der Waals surface area contributed by atoms with Crippen LogP contribution in [0.15, 0.2) is 53.4 Å². The molecule has 1 atom stereocenters. The maximum absolute atomic E-state index is 12.4. The van der Waals surface area contributed by atoms with Gasteiger partial charge in [-0.2, -0.15) is 0 Å². The number of benzene rings is 2. The Kier molecular flexibility index (Phi) is 7.13. The summed E-state index contributed by atoms with van der Waals surface area (Å²) >= 11 is 0. The molecule has 8 nitrogen and oxygen atoms in total. The summed E-state index contributed by atoms with van der Waals surface area (Å²) in [4.78, 5) is 18.5. The number of aliphatic carboxylic acids is 2. The van der Waals surface area contributed by atoms with E-state index in [1.165, 1.54) is 11.1 Å². The van der Waals surface area contributed by atoms with Gasteiger partial charge in [0, 0.05) is 5.69 Å². The van der Waals surface area contributed by atoms with E-state index in [2.05, 4.69) is 4.72 Å². The maximum atomic E-state index is 12.4. The first kappa shape index (κ1) is 21.4. The zero-order valence-electron chi connectivity index (χ0n) is 15.0. The van der Waals surface area contributed by atoms with Gasteiger partial charge in [0.25, 0.3) is 10.0 Å². The quantitative estimate of drug-likeness (QED) is 0.568. The molecule has 28 heavy (non-hydrogen) atoms. The zero-order valence-corrected chi connectivity index (χ0v) is 15.9. The van der Waals surface area contributed by atoms with Gasteiger partial charge in [-0.3, -0.25) is 4.72 Å².